The van der Waals surface area contributed by atoms with Gasteiger partial charge in [0.1, 0.15) is 6.54 Å². The Morgan fingerprint density at radius 2 is 2.00 bits per heavy atom. The topological polar surface area (TPSA) is 102 Å². The third-order valence-electron chi connectivity index (χ3n) is 4.88. The first-order valence-electron chi connectivity index (χ1n) is 9.06. The van der Waals surface area contributed by atoms with Gasteiger partial charge in [0.05, 0.1) is 11.9 Å². The maximum Gasteiger partial charge on any atom is 0.246 e. The highest BCUT2D eigenvalue weighted by Gasteiger charge is 2.32. The number of amides is 2. The lowest BCUT2D eigenvalue weighted by atomic mass is 9.95. The molecule has 3 rings (SSSR count). The largest absolute Gasteiger partial charge is 0.330 e. The molecule has 1 aliphatic rings. The van der Waals surface area contributed by atoms with Crippen molar-refractivity contribution in [3.8, 4) is 0 Å². The smallest absolute Gasteiger partial charge is 0.246 e. The molecule has 4 N–H and O–H groups in total. The summed E-state index contributed by atoms with van der Waals surface area (Å²) in [6, 6.07) is 7.65. The summed E-state index contributed by atoms with van der Waals surface area (Å²) in [5.74, 6) is 0.0296. The van der Waals surface area contributed by atoms with Crippen molar-refractivity contribution in [3.63, 3.8) is 0 Å². The maximum absolute atomic E-state index is 12.4. The maximum atomic E-state index is 12.4. The van der Waals surface area contributed by atoms with Gasteiger partial charge in [-0.25, -0.2) is 0 Å². The van der Waals surface area contributed by atoms with Crippen LogP contribution in [0, 0.1) is 11.8 Å². The summed E-state index contributed by atoms with van der Waals surface area (Å²) in [6.07, 6.45) is 8.15. The molecule has 0 spiro atoms. The number of aromatic nitrogens is 2. The number of nitrogens with one attached hydrogen (secondary N) is 2. The van der Waals surface area contributed by atoms with Crippen LogP contribution in [0.3, 0.4) is 0 Å². The van der Waals surface area contributed by atoms with E-state index in [0.717, 1.165) is 29.8 Å². The molecule has 1 aromatic carbocycles. The van der Waals surface area contributed by atoms with Crippen LogP contribution in [0.2, 0.25) is 0 Å². The molecule has 1 fully saturated rings. The molecular weight excluding hydrogens is 362 g/mol. The van der Waals surface area contributed by atoms with Crippen LogP contribution in [-0.4, -0.2) is 34.4 Å². The molecule has 0 saturated heterocycles. The van der Waals surface area contributed by atoms with Gasteiger partial charge >= 0.3 is 0 Å². The molecule has 144 valence electrons. The Morgan fingerprint density at radius 1 is 1.22 bits per heavy atom. The molecular formula is C19H25N5O2S. The second kappa shape index (κ2) is 9.05. The molecule has 2 atom stereocenters. The standard InChI is InChI=1S/C19H25N5O2S/c1-27-16-7-5-14(6-8-16)22-18(25)12-24-11-15(10-21-24)23-19(26)17-4-2-3-13(17)9-20/h5-8,10-11,13,17H,2-4,9,12,20H2,1H3,(H,22,25)(H,23,26)/t13-,17-/m1/s1. The van der Waals surface area contributed by atoms with E-state index < -0.39 is 0 Å². The van der Waals surface area contributed by atoms with E-state index in [1.165, 1.54) is 4.68 Å². The van der Waals surface area contributed by atoms with Crippen molar-refractivity contribution in [2.24, 2.45) is 17.6 Å². The van der Waals surface area contributed by atoms with Gasteiger partial charge in [-0.3, -0.25) is 14.3 Å². The van der Waals surface area contributed by atoms with Crippen molar-refractivity contribution in [1.29, 1.82) is 0 Å². The van der Waals surface area contributed by atoms with Crippen molar-refractivity contribution in [3.05, 3.63) is 36.7 Å². The minimum atomic E-state index is -0.174. The quantitative estimate of drug-likeness (QED) is 0.634. The van der Waals surface area contributed by atoms with Crippen molar-refractivity contribution in [1.82, 2.24) is 9.78 Å². The average molecular weight is 388 g/mol. The molecule has 0 unspecified atom stereocenters. The molecule has 1 aromatic heterocycles. The van der Waals surface area contributed by atoms with Crippen LogP contribution in [0.5, 0.6) is 0 Å². The van der Waals surface area contributed by atoms with Crippen LogP contribution >= 0.6 is 11.8 Å². The van der Waals surface area contributed by atoms with Crippen molar-refractivity contribution in [2.75, 3.05) is 23.4 Å². The number of hydrogen-bond acceptors (Lipinski definition) is 5. The molecule has 1 saturated carbocycles. The third-order valence-corrected chi connectivity index (χ3v) is 5.62. The van der Waals surface area contributed by atoms with Crippen molar-refractivity contribution < 1.29 is 9.59 Å². The Balaban J connectivity index is 1.52. The van der Waals surface area contributed by atoms with E-state index in [-0.39, 0.29) is 30.2 Å². The summed E-state index contributed by atoms with van der Waals surface area (Å²) >= 11 is 1.65. The van der Waals surface area contributed by atoms with Gasteiger partial charge < -0.3 is 16.4 Å². The van der Waals surface area contributed by atoms with E-state index in [2.05, 4.69) is 15.7 Å². The fourth-order valence-electron chi connectivity index (χ4n) is 3.44. The summed E-state index contributed by atoms with van der Waals surface area (Å²) in [6.45, 7) is 0.616. The molecule has 1 aliphatic carbocycles. The zero-order valence-corrected chi connectivity index (χ0v) is 16.2. The van der Waals surface area contributed by atoms with Gasteiger partial charge in [-0.2, -0.15) is 5.10 Å². The Hall–Kier alpha value is -2.32. The SMILES string of the molecule is CSc1ccc(NC(=O)Cn2cc(NC(=O)[C@@H]3CCC[C@@H]3CN)cn2)cc1. The summed E-state index contributed by atoms with van der Waals surface area (Å²) in [4.78, 5) is 25.7. The average Bonchev–Trinajstić information content (AvgIpc) is 3.31. The molecule has 1 heterocycles. The zero-order valence-electron chi connectivity index (χ0n) is 15.4. The monoisotopic (exact) mass is 387 g/mol. The minimum Gasteiger partial charge on any atom is -0.330 e. The molecule has 0 radical (unpaired) electrons. The van der Waals surface area contributed by atoms with Crippen LogP contribution in [0.4, 0.5) is 11.4 Å². The van der Waals surface area contributed by atoms with Crippen molar-refractivity contribution in [2.45, 2.75) is 30.7 Å². The van der Waals surface area contributed by atoms with Crippen LogP contribution in [0.15, 0.2) is 41.6 Å². The number of carbonyl (C=O) groups excluding carboxylic acids is 2. The molecule has 2 amide bonds. The van der Waals surface area contributed by atoms with E-state index in [0.29, 0.717) is 12.2 Å². The second-order valence-corrected chi connectivity index (χ2v) is 7.61. The van der Waals surface area contributed by atoms with Gasteiger partial charge in [-0.1, -0.05) is 6.42 Å². The summed E-state index contributed by atoms with van der Waals surface area (Å²) in [5, 5.41) is 9.89. The van der Waals surface area contributed by atoms with Crippen LogP contribution in [0.25, 0.3) is 0 Å². The minimum absolute atomic E-state index is 0.0131. The van der Waals surface area contributed by atoms with Crippen LogP contribution < -0.4 is 16.4 Å². The van der Waals surface area contributed by atoms with Gasteiger partial charge in [0, 0.05) is 22.7 Å². The van der Waals surface area contributed by atoms with Gasteiger partial charge in [0.2, 0.25) is 11.8 Å². The highest BCUT2D eigenvalue weighted by atomic mass is 32.2. The second-order valence-electron chi connectivity index (χ2n) is 6.73. The Labute approximate surface area is 163 Å². The summed E-state index contributed by atoms with van der Waals surface area (Å²) in [7, 11) is 0. The van der Waals surface area contributed by atoms with Crippen LogP contribution in [-0.2, 0) is 16.1 Å². The summed E-state index contributed by atoms with van der Waals surface area (Å²) in [5.41, 5.74) is 7.09. The Kier molecular flexibility index (Phi) is 6.52. The molecule has 0 aliphatic heterocycles. The lowest BCUT2D eigenvalue weighted by Crippen LogP contribution is -2.29. The van der Waals surface area contributed by atoms with E-state index in [1.54, 1.807) is 24.2 Å². The lowest BCUT2D eigenvalue weighted by Gasteiger charge is -2.16. The molecule has 2 aromatic rings. The normalized spacial score (nSPS) is 19.0. The first kappa shape index (κ1) is 19.4. The number of carbonyl (C=O) groups is 2. The predicted octanol–water partition coefficient (Wildman–Crippen LogP) is 2.56. The van der Waals surface area contributed by atoms with Crippen molar-refractivity contribution >= 4 is 35.0 Å². The number of thioether (sulfide) groups is 1. The molecule has 7 nitrogen and oxygen atoms in total. The number of nitrogens with zero attached hydrogens (tertiary/aromatic N) is 2. The summed E-state index contributed by atoms with van der Waals surface area (Å²) < 4.78 is 1.51. The van der Waals surface area contributed by atoms with E-state index in [4.69, 9.17) is 5.73 Å². The first-order valence-corrected chi connectivity index (χ1v) is 10.3. The molecule has 8 heteroatoms. The number of hydrogen-bond donors (Lipinski definition) is 3. The number of benzene rings is 1. The first-order chi connectivity index (χ1) is 13.1. The number of rotatable bonds is 7. The van der Waals surface area contributed by atoms with Gasteiger partial charge in [0.15, 0.2) is 0 Å². The lowest BCUT2D eigenvalue weighted by molar-refractivity contribution is -0.120. The Bertz CT molecular complexity index is 790. The molecule has 27 heavy (non-hydrogen) atoms. The zero-order chi connectivity index (χ0) is 19.2. The van der Waals surface area contributed by atoms with Gasteiger partial charge in [-0.15, -0.1) is 11.8 Å². The van der Waals surface area contributed by atoms with E-state index in [9.17, 15) is 9.59 Å². The molecule has 0 bridgehead atoms. The number of anilines is 2. The van der Waals surface area contributed by atoms with E-state index >= 15 is 0 Å². The van der Waals surface area contributed by atoms with Gasteiger partial charge in [-0.05, 0) is 55.8 Å². The fraction of sp³-hybridized carbons (Fsp3) is 0.421. The highest BCUT2D eigenvalue weighted by Crippen LogP contribution is 2.31. The Morgan fingerprint density at radius 3 is 2.70 bits per heavy atom. The fourth-order valence-corrected chi connectivity index (χ4v) is 3.84. The highest BCUT2D eigenvalue weighted by molar-refractivity contribution is 7.98. The third kappa shape index (κ3) is 5.11. The van der Waals surface area contributed by atoms with E-state index in [1.807, 2.05) is 30.5 Å². The van der Waals surface area contributed by atoms with Gasteiger partial charge in [0.25, 0.3) is 0 Å². The number of nitrogens with two attached hydrogens (primary N) is 1. The van der Waals surface area contributed by atoms with Crippen LogP contribution in [0.1, 0.15) is 19.3 Å². The predicted molar refractivity (Wildman–Crippen MR) is 108 cm³/mol.